The van der Waals surface area contributed by atoms with Crippen LogP contribution in [0.2, 0.25) is 0 Å². The normalized spacial score (nSPS) is 9.50. The van der Waals surface area contributed by atoms with Gasteiger partial charge in [0.25, 0.3) is 0 Å². The Kier molecular flexibility index (Phi) is 3.33. The number of nitrogens with one attached hydrogen (secondary N) is 1. The molecule has 0 atom stereocenters. The zero-order valence-electron chi connectivity index (χ0n) is 5.80. The number of amides is 1. The van der Waals surface area contributed by atoms with Gasteiger partial charge in [-0.1, -0.05) is 15.9 Å². The molecule has 0 fully saturated rings. The van der Waals surface area contributed by atoms with E-state index in [1.807, 2.05) is 28.7 Å². The van der Waals surface area contributed by atoms with Crippen LogP contribution in [0.5, 0.6) is 0 Å². The van der Waals surface area contributed by atoms with Gasteiger partial charge in [0.2, 0.25) is 0 Å². The summed E-state index contributed by atoms with van der Waals surface area (Å²) in [6.07, 6.45) is -1.30. The standard InChI is InChI=1S/C7H5BrINO2/c8-4-1-2-6(5(9)3-4)10-7(11)12/h1-3,10H,(H,11,12)/p-1. The largest absolute Gasteiger partial charge is 0.530 e. The minimum absolute atomic E-state index is 0.541. The molecule has 64 valence electrons. The molecule has 0 aliphatic carbocycles. The van der Waals surface area contributed by atoms with E-state index in [2.05, 4.69) is 21.2 Å². The van der Waals surface area contributed by atoms with Crippen LogP contribution in [0.25, 0.3) is 0 Å². The van der Waals surface area contributed by atoms with Crippen LogP contribution in [0.15, 0.2) is 22.7 Å². The third kappa shape index (κ3) is 2.63. The van der Waals surface area contributed by atoms with Crippen molar-refractivity contribution in [3.63, 3.8) is 0 Å². The summed E-state index contributed by atoms with van der Waals surface area (Å²) < 4.78 is 1.74. The third-order valence-electron chi connectivity index (χ3n) is 1.17. The Labute approximate surface area is 91.4 Å². The highest BCUT2D eigenvalue weighted by Gasteiger charge is 1.98. The Bertz CT molecular complexity index is 316. The molecular weight excluding hydrogens is 337 g/mol. The van der Waals surface area contributed by atoms with E-state index in [0.717, 1.165) is 8.04 Å². The van der Waals surface area contributed by atoms with Crippen molar-refractivity contribution in [2.24, 2.45) is 0 Å². The smallest absolute Gasteiger partial charge is 0.138 e. The van der Waals surface area contributed by atoms with Gasteiger partial charge in [-0.15, -0.1) is 0 Å². The van der Waals surface area contributed by atoms with Crippen LogP contribution in [0.3, 0.4) is 0 Å². The van der Waals surface area contributed by atoms with Crippen LogP contribution in [0, 0.1) is 3.57 Å². The number of rotatable bonds is 1. The predicted molar refractivity (Wildman–Crippen MR) is 55.9 cm³/mol. The van der Waals surface area contributed by atoms with Crippen molar-refractivity contribution in [1.29, 1.82) is 0 Å². The van der Waals surface area contributed by atoms with Gasteiger partial charge in [0.15, 0.2) is 0 Å². The van der Waals surface area contributed by atoms with E-state index in [0.29, 0.717) is 5.69 Å². The van der Waals surface area contributed by atoms with Crippen molar-refractivity contribution >= 4 is 50.3 Å². The average Bonchev–Trinajstić information content (AvgIpc) is 1.94. The number of carboxylic acid groups (broad SMARTS) is 1. The molecule has 3 nitrogen and oxygen atoms in total. The number of carbonyl (C=O) groups is 1. The Balaban J connectivity index is 2.93. The van der Waals surface area contributed by atoms with Gasteiger partial charge < -0.3 is 15.2 Å². The van der Waals surface area contributed by atoms with E-state index in [9.17, 15) is 9.90 Å². The fourth-order valence-corrected chi connectivity index (χ4v) is 2.14. The summed E-state index contributed by atoms with van der Waals surface area (Å²) in [7, 11) is 0. The lowest BCUT2D eigenvalue weighted by Gasteiger charge is -2.08. The third-order valence-corrected chi connectivity index (χ3v) is 2.55. The first-order valence-electron chi connectivity index (χ1n) is 3.02. The lowest BCUT2D eigenvalue weighted by Crippen LogP contribution is -2.29. The van der Waals surface area contributed by atoms with E-state index in [1.165, 1.54) is 0 Å². The van der Waals surface area contributed by atoms with Gasteiger partial charge in [-0.3, -0.25) is 0 Å². The van der Waals surface area contributed by atoms with Crippen molar-refractivity contribution in [1.82, 2.24) is 0 Å². The maximum Gasteiger partial charge on any atom is 0.138 e. The molecule has 0 saturated heterocycles. The Morgan fingerprint density at radius 2 is 2.25 bits per heavy atom. The molecule has 1 aromatic rings. The van der Waals surface area contributed by atoms with Crippen LogP contribution in [-0.2, 0) is 0 Å². The molecule has 0 aliphatic heterocycles. The average molecular weight is 341 g/mol. The molecule has 1 aromatic carbocycles. The molecule has 1 rings (SSSR count). The van der Waals surface area contributed by atoms with Crippen molar-refractivity contribution in [3.05, 3.63) is 26.2 Å². The summed E-state index contributed by atoms with van der Waals surface area (Å²) in [4.78, 5) is 10.2. The SMILES string of the molecule is O=C([O-])Nc1ccc(Br)cc1I. The van der Waals surface area contributed by atoms with Gasteiger partial charge >= 0.3 is 0 Å². The second kappa shape index (κ2) is 4.08. The van der Waals surface area contributed by atoms with Gasteiger partial charge in [0, 0.05) is 8.04 Å². The van der Waals surface area contributed by atoms with E-state index in [4.69, 9.17) is 0 Å². The quantitative estimate of drug-likeness (QED) is 0.793. The number of benzene rings is 1. The highest BCUT2D eigenvalue weighted by molar-refractivity contribution is 14.1. The zero-order chi connectivity index (χ0) is 9.14. The van der Waals surface area contributed by atoms with Gasteiger partial charge in [-0.05, 0) is 40.8 Å². The molecule has 0 bridgehead atoms. The molecule has 0 aromatic heterocycles. The number of hydrogen-bond donors (Lipinski definition) is 1. The monoisotopic (exact) mass is 340 g/mol. The van der Waals surface area contributed by atoms with Crippen molar-refractivity contribution in [3.8, 4) is 0 Å². The molecular formula is C7H4BrINO2-. The van der Waals surface area contributed by atoms with E-state index in [1.54, 1.807) is 12.1 Å². The second-order valence-corrected chi connectivity index (χ2v) is 4.11. The first kappa shape index (κ1) is 9.79. The molecule has 0 aliphatic rings. The summed E-state index contributed by atoms with van der Waals surface area (Å²) in [6, 6.07) is 5.24. The summed E-state index contributed by atoms with van der Waals surface area (Å²) in [5.41, 5.74) is 0.541. The fourth-order valence-electron chi connectivity index (χ4n) is 0.701. The van der Waals surface area contributed by atoms with Crippen LogP contribution >= 0.6 is 38.5 Å². The van der Waals surface area contributed by atoms with Gasteiger partial charge in [-0.2, -0.15) is 0 Å². The van der Waals surface area contributed by atoms with Gasteiger partial charge in [-0.25, -0.2) is 0 Å². The lowest BCUT2D eigenvalue weighted by atomic mass is 10.3. The van der Waals surface area contributed by atoms with Crippen LogP contribution in [-0.4, -0.2) is 6.09 Å². The second-order valence-electron chi connectivity index (χ2n) is 2.04. The summed E-state index contributed by atoms with van der Waals surface area (Å²) in [5, 5.41) is 12.3. The molecule has 12 heavy (non-hydrogen) atoms. The number of anilines is 1. The molecule has 0 radical (unpaired) electrons. The van der Waals surface area contributed by atoms with Crippen molar-refractivity contribution in [2.75, 3.05) is 5.32 Å². The lowest BCUT2D eigenvalue weighted by molar-refractivity contribution is -0.242. The predicted octanol–water partition coefficient (Wildman–Crippen LogP) is 1.81. The Hall–Kier alpha value is -0.300. The van der Waals surface area contributed by atoms with E-state index >= 15 is 0 Å². The first-order valence-corrected chi connectivity index (χ1v) is 4.90. The summed E-state index contributed by atoms with van der Waals surface area (Å²) in [5.74, 6) is 0. The molecule has 0 saturated carbocycles. The number of halogens is 2. The van der Waals surface area contributed by atoms with Gasteiger partial charge in [0.1, 0.15) is 6.09 Å². The molecule has 1 N–H and O–H groups in total. The Morgan fingerprint density at radius 3 is 2.75 bits per heavy atom. The molecule has 0 unspecified atom stereocenters. The summed E-state index contributed by atoms with van der Waals surface area (Å²) in [6.45, 7) is 0. The highest BCUT2D eigenvalue weighted by Crippen LogP contribution is 2.22. The van der Waals surface area contributed by atoms with Crippen LogP contribution < -0.4 is 10.4 Å². The minimum atomic E-state index is -1.30. The topological polar surface area (TPSA) is 52.2 Å². The van der Waals surface area contributed by atoms with E-state index in [-0.39, 0.29) is 0 Å². The maximum atomic E-state index is 10.2. The van der Waals surface area contributed by atoms with Crippen molar-refractivity contribution in [2.45, 2.75) is 0 Å². The van der Waals surface area contributed by atoms with E-state index < -0.39 is 6.09 Å². The highest BCUT2D eigenvalue weighted by atomic mass is 127. The van der Waals surface area contributed by atoms with Crippen LogP contribution in [0.1, 0.15) is 0 Å². The first-order chi connectivity index (χ1) is 5.59. The van der Waals surface area contributed by atoms with Crippen LogP contribution in [0.4, 0.5) is 10.5 Å². The van der Waals surface area contributed by atoms with Gasteiger partial charge in [0.05, 0.1) is 5.69 Å². The van der Waals surface area contributed by atoms with Crippen molar-refractivity contribution < 1.29 is 9.90 Å². The number of carbonyl (C=O) groups excluding carboxylic acids is 1. The minimum Gasteiger partial charge on any atom is -0.530 e. The number of hydrogen-bond acceptors (Lipinski definition) is 2. The molecule has 0 spiro atoms. The molecule has 1 amide bonds. The molecule has 5 heteroatoms. The zero-order valence-corrected chi connectivity index (χ0v) is 9.55. The molecule has 0 heterocycles. The Morgan fingerprint density at radius 1 is 1.58 bits per heavy atom. The fraction of sp³-hybridized carbons (Fsp3) is 0. The maximum absolute atomic E-state index is 10.2. The summed E-state index contributed by atoms with van der Waals surface area (Å²) >= 11 is 5.30.